The predicted octanol–water partition coefficient (Wildman–Crippen LogP) is 3.45. The lowest BCUT2D eigenvalue weighted by Gasteiger charge is -2.42. The van der Waals surface area contributed by atoms with E-state index in [0.717, 1.165) is 24.8 Å². The molecule has 2 unspecified atom stereocenters. The van der Waals surface area contributed by atoms with Gasteiger partial charge in [0.25, 0.3) is 5.91 Å². The standard InChI is InChI=1S/C19H24N2O2/c1-14-8-6-9-15(2)19(14)17(22)21(18(23)20-19)13-7-12-16-10-4-3-5-11-16/h3-5,7,10-12,14-15H,6,8-9,13H2,1-2H3,(H,20,23). The minimum Gasteiger partial charge on any atom is -0.323 e. The molecular weight excluding hydrogens is 288 g/mol. The van der Waals surface area contributed by atoms with Crippen LogP contribution in [0.25, 0.3) is 6.08 Å². The highest BCUT2D eigenvalue weighted by atomic mass is 16.2. The molecule has 1 aromatic rings. The largest absolute Gasteiger partial charge is 0.325 e. The molecule has 0 aromatic heterocycles. The Hall–Kier alpha value is -2.10. The fourth-order valence-electron chi connectivity index (χ4n) is 3.98. The second kappa shape index (κ2) is 6.19. The highest BCUT2D eigenvalue weighted by Crippen LogP contribution is 2.42. The molecule has 2 aliphatic rings. The van der Waals surface area contributed by atoms with Crippen molar-refractivity contribution in [1.82, 2.24) is 10.2 Å². The van der Waals surface area contributed by atoms with Gasteiger partial charge in [-0.1, -0.05) is 62.8 Å². The second-order valence-corrected chi connectivity index (χ2v) is 6.76. The Labute approximate surface area is 137 Å². The molecule has 3 rings (SSSR count). The molecule has 3 amide bonds. The molecule has 23 heavy (non-hydrogen) atoms. The Kier molecular flexibility index (Phi) is 4.24. The lowest BCUT2D eigenvalue weighted by atomic mass is 9.67. The number of hydrogen-bond donors (Lipinski definition) is 1. The molecule has 4 heteroatoms. The normalized spacial score (nSPS) is 31.1. The molecule has 1 N–H and O–H groups in total. The summed E-state index contributed by atoms with van der Waals surface area (Å²) in [5.41, 5.74) is 0.365. The van der Waals surface area contributed by atoms with Crippen LogP contribution in [0.3, 0.4) is 0 Å². The van der Waals surface area contributed by atoms with Gasteiger partial charge in [0.1, 0.15) is 5.54 Å². The first kappa shape index (κ1) is 15.8. The van der Waals surface area contributed by atoms with Crippen molar-refractivity contribution in [3.05, 3.63) is 42.0 Å². The molecule has 1 spiro atoms. The van der Waals surface area contributed by atoms with E-state index in [1.54, 1.807) is 0 Å². The number of amides is 3. The zero-order chi connectivity index (χ0) is 16.4. The Morgan fingerprint density at radius 2 is 1.83 bits per heavy atom. The highest BCUT2D eigenvalue weighted by molar-refractivity contribution is 6.07. The van der Waals surface area contributed by atoms with Crippen molar-refractivity contribution < 1.29 is 9.59 Å². The molecular formula is C19H24N2O2. The van der Waals surface area contributed by atoms with Crippen molar-refractivity contribution in [2.75, 3.05) is 6.54 Å². The zero-order valence-electron chi connectivity index (χ0n) is 13.8. The summed E-state index contributed by atoms with van der Waals surface area (Å²) in [6, 6.07) is 9.63. The Morgan fingerprint density at radius 1 is 1.17 bits per heavy atom. The number of carbonyl (C=O) groups excluding carboxylic acids is 2. The summed E-state index contributed by atoms with van der Waals surface area (Å²) in [6.45, 7) is 4.48. The number of benzene rings is 1. The minimum atomic E-state index is -0.698. The SMILES string of the molecule is CC1CCCC(C)C12NC(=O)N(CC=Cc1ccccc1)C2=O. The molecule has 2 fully saturated rings. The summed E-state index contributed by atoms with van der Waals surface area (Å²) in [5, 5.41) is 3.02. The molecule has 0 bridgehead atoms. The van der Waals surface area contributed by atoms with Gasteiger partial charge in [-0.15, -0.1) is 0 Å². The number of nitrogens with one attached hydrogen (secondary N) is 1. The van der Waals surface area contributed by atoms with Gasteiger partial charge in [-0.3, -0.25) is 9.69 Å². The van der Waals surface area contributed by atoms with Crippen molar-refractivity contribution in [2.45, 2.75) is 38.6 Å². The Bertz CT molecular complexity index is 614. The number of nitrogens with zero attached hydrogens (tertiary/aromatic N) is 1. The first-order valence-corrected chi connectivity index (χ1v) is 8.41. The van der Waals surface area contributed by atoms with Crippen molar-refractivity contribution in [3.8, 4) is 0 Å². The summed E-state index contributed by atoms with van der Waals surface area (Å²) in [5.74, 6) is 0.316. The fraction of sp³-hybridized carbons (Fsp3) is 0.474. The molecule has 1 saturated heterocycles. The van der Waals surface area contributed by atoms with E-state index in [1.807, 2.05) is 42.5 Å². The third-order valence-electron chi connectivity index (χ3n) is 5.38. The van der Waals surface area contributed by atoms with Crippen LogP contribution in [0, 0.1) is 11.8 Å². The van der Waals surface area contributed by atoms with Crippen LogP contribution in [-0.2, 0) is 4.79 Å². The fourth-order valence-corrected chi connectivity index (χ4v) is 3.98. The van der Waals surface area contributed by atoms with Gasteiger partial charge >= 0.3 is 6.03 Å². The molecule has 1 aromatic carbocycles. The van der Waals surface area contributed by atoms with E-state index >= 15 is 0 Å². The third kappa shape index (κ3) is 2.67. The Balaban J connectivity index is 1.75. The quantitative estimate of drug-likeness (QED) is 0.869. The molecule has 1 aliphatic carbocycles. The highest BCUT2D eigenvalue weighted by Gasteiger charge is 2.57. The van der Waals surface area contributed by atoms with Crippen LogP contribution in [-0.4, -0.2) is 28.9 Å². The summed E-state index contributed by atoms with van der Waals surface area (Å²) < 4.78 is 0. The average Bonchev–Trinajstić information content (AvgIpc) is 2.79. The van der Waals surface area contributed by atoms with Crippen LogP contribution in [0.4, 0.5) is 4.79 Å². The van der Waals surface area contributed by atoms with E-state index in [4.69, 9.17) is 0 Å². The summed E-state index contributed by atoms with van der Waals surface area (Å²) in [6.07, 6.45) is 6.93. The van der Waals surface area contributed by atoms with Gasteiger partial charge in [0, 0.05) is 6.54 Å². The molecule has 1 heterocycles. The number of urea groups is 1. The predicted molar refractivity (Wildman–Crippen MR) is 90.6 cm³/mol. The van der Waals surface area contributed by atoms with Crippen LogP contribution < -0.4 is 5.32 Å². The molecule has 4 nitrogen and oxygen atoms in total. The lowest BCUT2D eigenvalue weighted by molar-refractivity contribution is -0.136. The molecule has 1 saturated carbocycles. The zero-order valence-corrected chi connectivity index (χ0v) is 13.8. The van der Waals surface area contributed by atoms with E-state index in [-0.39, 0.29) is 23.8 Å². The van der Waals surface area contributed by atoms with Crippen molar-refractivity contribution in [1.29, 1.82) is 0 Å². The molecule has 122 valence electrons. The van der Waals surface area contributed by atoms with Gasteiger partial charge in [-0.2, -0.15) is 0 Å². The lowest BCUT2D eigenvalue weighted by Crippen LogP contribution is -2.58. The van der Waals surface area contributed by atoms with Crippen LogP contribution >= 0.6 is 0 Å². The average molecular weight is 312 g/mol. The van der Waals surface area contributed by atoms with E-state index in [2.05, 4.69) is 19.2 Å². The van der Waals surface area contributed by atoms with Crippen LogP contribution in [0.1, 0.15) is 38.7 Å². The summed E-state index contributed by atoms with van der Waals surface area (Å²) in [4.78, 5) is 26.7. The van der Waals surface area contributed by atoms with Gasteiger partial charge in [0.2, 0.25) is 0 Å². The number of rotatable bonds is 3. The maximum atomic E-state index is 13.0. The molecule has 1 aliphatic heterocycles. The summed E-state index contributed by atoms with van der Waals surface area (Å²) in [7, 11) is 0. The monoisotopic (exact) mass is 312 g/mol. The van der Waals surface area contributed by atoms with Gasteiger partial charge in [0.15, 0.2) is 0 Å². The Morgan fingerprint density at radius 3 is 2.48 bits per heavy atom. The molecule has 2 atom stereocenters. The summed E-state index contributed by atoms with van der Waals surface area (Å²) >= 11 is 0. The van der Waals surface area contributed by atoms with Gasteiger partial charge in [-0.25, -0.2) is 4.79 Å². The molecule has 0 radical (unpaired) electrons. The van der Waals surface area contributed by atoms with Gasteiger partial charge in [0.05, 0.1) is 0 Å². The van der Waals surface area contributed by atoms with Crippen molar-refractivity contribution in [3.63, 3.8) is 0 Å². The minimum absolute atomic E-state index is 0.0556. The van der Waals surface area contributed by atoms with E-state index in [1.165, 1.54) is 4.90 Å². The topological polar surface area (TPSA) is 49.4 Å². The van der Waals surface area contributed by atoms with Crippen molar-refractivity contribution in [2.24, 2.45) is 11.8 Å². The van der Waals surface area contributed by atoms with Crippen molar-refractivity contribution >= 4 is 18.0 Å². The van der Waals surface area contributed by atoms with Gasteiger partial charge in [-0.05, 0) is 30.2 Å². The number of carbonyl (C=O) groups is 2. The van der Waals surface area contributed by atoms with Gasteiger partial charge < -0.3 is 5.32 Å². The maximum absolute atomic E-state index is 13.0. The maximum Gasteiger partial charge on any atom is 0.325 e. The number of imide groups is 1. The smallest absolute Gasteiger partial charge is 0.323 e. The van der Waals surface area contributed by atoms with Crippen LogP contribution in [0.15, 0.2) is 36.4 Å². The third-order valence-corrected chi connectivity index (χ3v) is 5.38. The number of hydrogen-bond acceptors (Lipinski definition) is 2. The van der Waals surface area contributed by atoms with Crippen LogP contribution in [0.2, 0.25) is 0 Å². The van der Waals surface area contributed by atoms with E-state index in [0.29, 0.717) is 6.54 Å². The first-order valence-electron chi connectivity index (χ1n) is 8.41. The van der Waals surface area contributed by atoms with E-state index in [9.17, 15) is 9.59 Å². The van der Waals surface area contributed by atoms with E-state index < -0.39 is 5.54 Å². The van der Waals surface area contributed by atoms with Crippen LogP contribution in [0.5, 0.6) is 0 Å². The first-order chi connectivity index (χ1) is 11.1. The second-order valence-electron chi connectivity index (χ2n) is 6.76.